The van der Waals surface area contributed by atoms with Gasteiger partial charge < -0.3 is 14.8 Å². The zero-order chi connectivity index (χ0) is 18.8. The zero-order valence-electron chi connectivity index (χ0n) is 15.2. The van der Waals surface area contributed by atoms with Crippen LogP contribution in [0.25, 0.3) is 6.08 Å². The second-order valence-corrected chi connectivity index (χ2v) is 6.20. The van der Waals surface area contributed by atoms with Gasteiger partial charge in [0.15, 0.2) is 6.10 Å². The highest BCUT2D eigenvalue weighted by Gasteiger charge is 2.24. The first-order chi connectivity index (χ1) is 12.4. The van der Waals surface area contributed by atoms with Crippen LogP contribution in [0, 0.1) is 13.8 Å². The number of esters is 1. The van der Waals surface area contributed by atoms with Crippen LogP contribution < -0.4 is 10.1 Å². The molecule has 0 fully saturated rings. The molecule has 1 N–H and O–H groups in total. The normalized spacial score (nSPS) is 13.9. The first-order valence-electron chi connectivity index (χ1n) is 8.31. The Labute approximate surface area is 151 Å². The molecule has 0 saturated heterocycles. The number of rotatable bonds is 4. The van der Waals surface area contributed by atoms with Gasteiger partial charge in [-0.3, -0.25) is 9.48 Å². The maximum absolute atomic E-state index is 12.4. The number of fused-ring (bicyclic) bond motifs is 1. The summed E-state index contributed by atoms with van der Waals surface area (Å²) in [6.07, 6.45) is 0.779. The van der Waals surface area contributed by atoms with Crippen LogP contribution in [0.3, 0.4) is 0 Å². The van der Waals surface area contributed by atoms with Crippen molar-refractivity contribution in [2.75, 3.05) is 11.9 Å². The summed E-state index contributed by atoms with van der Waals surface area (Å²) in [5, 5.41) is 7.02. The average molecular weight is 355 g/mol. The standard InChI is InChI=1S/C19H21N3O4/c1-11-17(12(2)22(4)21-11)20-18(23)13(3)26-19(24)15-9-14-7-5-6-8-16(14)25-10-15/h5-9,13H,10H2,1-4H3,(H,20,23)/t13-/m0/s1. The van der Waals surface area contributed by atoms with E-state index in [9.17, 15) is 9.59 Å². The summed E-state index contributed by atoms with van der Waals surface area (Å²) in [7, 11) is 1.80. The van der Waals surface area contributed by atoms with Gasteiger partial charge >= 0.3 is 5.97 Å². The second-order valence-electron chi connectivity index (χ2n) is 6.20. The first kappa shape index (κ1) is 17.7. The van der Waals surface area contributed by atoms with Gasteiger partial charge in [0.1, 0.15) is 12.4 Å². The molecule has 7 nitrogen and oxygen atoms in total. The van der Waals surface area contributed by atoms with Crippen LogP contribution in [0.15, 0.2) is 29.8 Å². The summed E-state index contributed by atoms with van der Waals surface area (Å²) in [6, 6.07) is 7.42. The number of amides is 1. The van der Waals surface area contributed by atoms with Gasteiger partial charge in [-0.1, -0.05) is 18.2 Å². The summed E-state index contributed by atoms with van der Waals surface area (Å²) in [5.74, 6) is -0.255. The van der Waals surface area contributed by atoms with Crippen molar-refractivity contribution in [3.8, 4) is 5.75 Å². The van der Waals surface area contributed by atoms with Crippen molar-refractivity contribution < 1.29 is 19.1 Å². The summed E-state index contributed by atoms with van der Waals surface area (Å²) in [4.78, 5) is 24.7. The lowest BCUT2D eigenvalue weighted by Gasteiger charge is -2.19. The molecule has 1 amide bonds. The number of benzene rings is 1. The molecule has 1 aliphatic heterocycles. The zero-order valence-corrected chi connectivity index (χ0v) is 15.2. The van der Waals surface area contributed by atoms with Gasteiger partial charge in [0.2, 0.25) is 0 Å². The molecule has 0 bridgehead atoms. The number of hydrogen-bond acceptors (Lipinski definition) is 5. The number of aromatic nitrogens is 2. The molecular weight excluding hydrogens is 334 g/mol. The van der Waals surface area contributed by atoms with Crippen molar-refractivity contribution in [3.05, 3.63) is 46.8 Å². The SMILES string of the molecule is Cc1nn(C)c(C)c1NC(=O)[C@H](C)OC(=O)C1=Cc2ccccc2OC1. The highest BCUT2D eigenvalue weighted by atomic mass is 16.6. The van der Waals surface area contributed by atoms with Crippen LogP contribution in [-0.4, -0.2) is 34.4 Å². The summed E-state index contributed by atoms with van der Waals surface area (Å²) in [6.45, 7) is 5.31. The monoisotopic (exact) mass is 355 g/mol. The van der Waals surface area contributed by atoms with Crippen LogP contribution in [0.4, 0.5) is 5.69 Å². The molecule has 2 aromatic rings. The summed E-state index contributed by atoms with van der Waals surface area (Å²) < 4.78 is 12.5. The lowest BCUT2D eigenvalue weighted by Crippen LogP contribution is -2.31. The summed E-state index contributed by atoms with van der Waals surface area (Å²) in [5.41, 5.74) is 3.35. The molecule has 3 rings (SSSR count). The molecule has 0 saturated carbocycles. The lowest BCUT2D eigenvalue weighted by atomic mass is 10.1. The quantitative estimate of drug-likeness (QED) is 0.852. The van der Waals surface area contributed by atoms with E-state index in [1.165, 1.54) is 6.92 Å². The fourth-order valence-electron chi connectivity index (χ4n) is 2.70. The molecule has 0 spiro atoms. The third kappa shape index (κ3) is 3.46. The molecule has 0 unspecified atom stereocenters. The Morgan fingerprint density at radius 1 is 1.31 bits per heavy atom. The maximum Gasteiger partial charge on any atom is 0.338 e. The fourth-order valence-corrected chi connectivity index (χ4v) is 2.70. The Balaban J connectivity index is 1.66. The Morgan fingerprint density at radius 2 is 2.04 bits per heavy atom. The van der Waals surface area contributed by atoms with E-state index < -0.39 is 18.0 Å². The number of carbonyl (C=O) groups is 2. The first-order valence-corrected chi connectivity index (χ1v) is 8.31. The fraction of sp³-hybridized carbons (Fsp3) is 0.316. The highest BCUT2D eigenvalue weighted by molar-refractivity contribution is 5.99. The summed E-state index contributed by atoms with van der Waals surface area (Å²) >= 11 is 0. The van der Waals surface area contributed by atoms with Crippen molar-refractivity contribution in [1.29, 1.82) is 0 Å². The molecule has 26 heavy (non-hydrogen) atoms. The molecule has 136 valence electrons. The minimum absolute atomic E-state index is 0.116. The largest absolute Gasteiger partial charge is 0.488 e. The molecule has 1 aromatic heterocycles. The lowest BCUT2D eigenvalue weighted by molar-refractivity contribution is -0.149. The smallest absolute Gasteiger partial charge is 0.338 e. The van der Waals surface area contributed by atoms with Crippen molar-refractivity contribution in [2.45, 2.75) is 26.9 Å². The number of hydrogen-bond donors (Lipinski definition) is 1. The van der Waals surface area contributed by atoms with Gasteiger partial charge in [-0.15, -0.1) is 0 Å². The molecular formula is C19H21N3O4. The number of ether oxygens (including phenoxy) is 2. The molecule has 0 aliphatic carbocycles. The highest BCUT2D eigenvalue weighted by Crippen LogP contribution is 2.26. The van der Waals surface area contributed by atoms with Crippen molar-refractivity contribution in [2.24, 2.45) is 7.05 Å². The van der Waals surface area contributed by atoms with Crippen LogP contribution >= 0.6 is 0 Å². The molecule has 1 atom stereocenters. The number of nitrogens with zero attached hydrogens (tertiary/aromatic N) is 2. The van der Waals surface area contributed by atoms with Crippen LogP contribution in [-0.2, 0) is 21.4 Å². The Morgan fingerprint density at radius 3 is 2.73 bits per heavy atom. The molecule has 7 heteroatoms. The van der Waals surface area contributed by atoms with Crippen molar-refractivity contribution >= 4 is 23.6 Å². The molecule has 1 aliphatic rings. The van der Waals surface area contributed by atoms with E-state index in [1.54, 1.807) is 24.7 Å². The van der Waals surface area contributed by atoms with Crippen LogP contribution in [0.2, 0.25) is 0 Å². The van der Waals surface area contributed by atoms with E-state index in [-0.39, 0.29) is 6.61 Å². The molecule has 2 heterocycles. The number of carbonyl (C=O) groups excluding carboxylic acids is 2. The topological polar surface area (TPSA) is 82.5 Å². The maximum atomic E-state index is 12.4. The third-order valence-corrected chi connectivity index (χ3v) is 4.30. The van der Waals surface area contributed by atoms with Gasteiger partial charge in [-0.25, -0.2) is 4.79 Å². The van der Waals surface area contributed by atoms with Crippen molar-refractivity contribution in [1.82, 2.24) is 9.78 Å². The van der Waals surface area contributed by atoms with E-state index in [0.29, 0.717) is 17.0 Å². The van der Waals surface area contributed by atoms with Crippen LogP contribution in [0.1, 0.15) is 23.9 Å². The van der Waals surface area contributed by atoms with E-state index in [0.717, 1.165) is 17.0 Å². The minimum Gasteiger partial charge on any atom is -0.488 e. The predicted octanol–water partition coefficient (Wildman–Crippen LogP) is 2.38. The minimum atomic E-state index is -0.945. The molecule has 1 aromatic carbocycles. The van der Waals surface area contributed by atoms with Crippen LogP contribution in [0.5, 0.6) is 5.75 Å². The van der Waals surface area contributed by atoms with Gasteiger partial charge in [0.25, 0.3) is 5.91 Å². The Hall–Kier alpha value is -3.09. The van der Waals surface area contributed by atoms with Gasteiger partial charge in [-0.05, 0) is 32.9 Å². The molecule has 0 radical (unpaired) electrons. The van der Waals surface area contributed by atoms with E-state index in [2.05, 4.69) is 10.4 Å². The van der Waals surface area contributed by atoms with Gasteiger partial charge in [-0.2, -0.15) is 5.10 Å². The van der Waals surface area contributed by atoms with Gasteiger partial charge in [0.05, 0.1) is 22.6 Å². The average Bonchev–Trinajstić information content (AvgIpc) is 2.87. The van der Waals surface area contributed by atoms with E-state index in [4.69, 9.17) is 9.47 Å². The number of aryl methyl sites for hydroxylation is 2. The van der Waals surface area contributed by atoms with Gasteiger partial charge in [0, 0.05) is 12.6 Å². The van der Waals surface area contributed by atoms with Crippen molar-refractivity contribution in [3.63, 3.8) is 0 Å². The number of anilines is 1. The number of nitrogens with one attached hydrogen (secondary N) is 1. The van der Waals surface area contributed by atoms with E-state index in [1.807, 2.05) is 31.2 Å². The predicted molar refractivity (Wildman–Crippen MR) is 96.8 cm³/mol. The van der Waals surface area contributed by atoms with E-state index >= 15 is 0 Å². The number of para-hydroxylation sites is 1. The third-order valence-electron chi connectivity index (χ3n) is 4.30. The second kappa shape index (κ2) is 7.03. The Kier molecular flexibility index (Phi) is 4.79. The Bertz CT molecular complexity index is 898.